The number of rotatable bonds is 5. The van der Waals surface area contributed by atoms with Gasteiger partial charge in [-0.15, -0.1) is 0 Å². The molecule has 5 heteroatoms. The van der Waals surface area contributed by atoms with Crippen LogP contribution in [-0.4, -0.2) is 40.2 Å². The summed E-state index contributed by atoms with van der Waals surface area (Å²) in [5.74, 6) is -0.852. The maximum atomic E-state index is 11.8. The Balaban J connectivity index is 2.27. The summed E-state index contributed by atoms with van der Waals surface area (Å²) in [7, 11) is 0. The molecule has 0 amide bonds. The molecular weight excluding hydrogens is 290 g/mol. The molecule has 0 fully saturated rings. The minimum atomic E-state index is -0.852. The van der Waals surface area contributed by atoms with Gasteiger partial charge in [0.05, 0.1) is 11.1 Å². The van der Waals surface area contributed by atoms with Gasteiger partial charge >= 0.3 is 5.97 Å². The predicted octanol–water partition coefficient (Wildman–Crippen LogP) is 2.37. The summed E-state index contributed by atoms with van der Waals surface area (Å²) in [4.78, 5) is 14.2. The van der Waals surface area contributed by atoms with Gasteiger partial charge in [-0.25, -0.2) is 4.79 Å². The van der Waals surface area contributed by atoms with Crippen LogP contribution in [0.1, 0.15) is 40.5 Å². The van der Waals surface area contributed by atoms with Gasteiger partial charge in [-0.3, -0.25) is 4.90 Å². The molecule has 0 atom stereocenters. The SMILES string of the molecule is CCN1CCc2c(c3cc(C)cc(C(=O)O)c3n2CCCN)C1. The number of benzene rings is 1. The first-order chi connectivity index (χ1) is 11.1. The number of nitrogens with zero attached hydrogens (tertiary/aromatic N) is 2. The maximum Gasteiger partial charge on any atom is 0.337 e. The number of carboxylic acids is 1. The van der Waals surface area contributed by atoms with Crippen LogP contribution in [0.3, 0.4) is 0 Å². The Morgan fingerprint density at radius 3 is 2.83 bits per heavy atom. The van der Waals surface area contributed by atoms with Crippen molar-refractivity contribution >= 4 is 16.9 Å². The monoisotopic (exact) mass is 315 g/mol. The molecular formula is C18H25N3O2. The van der Waals surface area contributed by atoms with Crippen molar-refractivity contribution in [3.8, 4) is 0 Å². The van der Waals surface area contributed by atoms with Gasteiger partial charge < -0.3 is 15.4 Å². The van der Waals surface area contributed by atoms with E-state index in [9.17, 15) is 9.90 Å². The summed E-state index contributed by atoms with van der Waals surface area (Å²) in [5.41, 5.74) is 10.6. The van der Waals surface area contributed by atoms with E-state index in [4.69, 9.17) is 5.73 Å². The van der Waals surface area contributed by atoms with Crippen LogP contribution in [0, 0.1) is 6.92 Å². The minimum Gasteiger partial charge on any atom is -0.478 e. The number of aromatic nitrogens is 1. The van der Waals surface area contributed by atoms with E-state index in [-0.39, 0.29) is 0 Å². The second-order valence-electron chi connectivity index (χ2n) is 6.35. The number of aromatic carboxylic acids is 1. The second-order valence-corrected chi connectivity index (χ2v) is 6.35. The Morgan fingerprint density at radius 1 is 1.39 bits per heavy atom. The Kier molecular flexibility index (Phi) is 4.41. The fraction of sp³-hybridized carbons (Fsp3) is 0.500. The van der Waals surface area contributed by atoms with E-state index in [1.165, 1.54) is 11.3 Å². The number of carboxylic acid groups (broad SMARTS) is 1. The van der Waals surface area contributed by atoms with E-state index in [0.717, 1.165) is 55.5 Å². The third kappa shape index (κ3) is 2.75. The van der Waals surface area contributed by atoms with Crippen LogP contribution in [0.2, 0.25) is 0 Å². The average Bonchev–Trinajstić information content (AvgIpc) is 2.84. The van der Waals surface area contributed by atoms with Crippen molar-refractivity contribution in [2.75, 3.05) is 19.6 Å². The van der Waals surface area contributed by atoms with Crippen molar-refractivity contribution < 1.29 is 9.90 Å². The molecule has 0 spiro atoms. The fourth-order valence-electron chi connectivity index (χ4n) is 3.71. The summed E-state index contributed by atoms with van der Waals surface area (Å²) in [6.45, 7) is 8.50. The lowest BCUT2D eigenvalue weighted by atomic mass is 10.0. The Hall–Kier alpha value is -1.85. The molecule has 5 nitrogen and oxygen atoms in total. The molecule has 0 saturated carbocycles. The molecule has 2 aromatic rings. The smallest absolute Gasteiger partial charge is 0.337 e. The van der Waals surface area contributed by atoms with Crippen molar-refractivity contribution in [3.05, 3.63) is 34.5 Å². The molecule has 23 heavy (non-hydrogen) atoms. The lowest BCUT2D eigenvalue weighted by Crippen LogP contribution is -2.30. The predicted molar refractivity (Wildman–Crippen MR) is 92.0 cm³/mol. The van der Waals surface area contributed by atoms with Crippen LogP contribution in [0.5, 0.6) is 0 Å². The maximum absolute atomic E-state index is 11.8. The van der Waals surface area contributed by atoms with Gasteiger partial charge in [-0.05, 0) is 49.7 Å². The molecule has 0 bridgehead atoms. The summed E-state index contributed by atoms with van der Waals surface area (Å²) in [6, 6.07) is 3.92. The lowest BCUT2D eigenvalue weighted by molar-refractivity contribution is 0.0698. The normalized spacial score (nSPS) is 15.1. The Morgan fingerprint density at radius 2 is 2.17 bits per heavy atom. The van der Waals surface area contributed by atoms with Gasteiger partial charge in [-0.1, -0.05) is 6.92 Å². The van der Waals surface area contributed by atoms with E-state index >= 15 is 0 Å². The zero-order valence-electron chi connectivity index (χ0n) is 13.9. The van der Waals surface area contributed by atoms with Gasteiger partial charge in [0.1, 0.15) is 0 Å². The highest BCUT2D eigenvalue weighted by molar-refractivity contribution is 6.04. The Labute approximate surface area is 136 Å². The van der Waals surface area contributed by atoms with Crippen molar-refractivity contribution in [3.63, 3.8) is 0 Å². The number of likely N-dealkylation sites (N-methyl/N-ethyl adjacent to an activating group) is 1. The van der Waals surface area contributed by atoms with E-state index in [1.807, 2.05) is 6.92 Å². The zero-order valence-corrected chi connectivity index (χ0v) is 13.9. The van der Waals surface area contributed by atoms with Crippen LogP contribution < -0.4 is 5.73 Å². The molecule has 1 aliphatic rings. The van der Waals surface area contributed by atoms with E-state index in [1.54, 1.807) is 6.07 Å². The molecule has 0 unspecified atom stereocenters. The minimum absolute atomic E-state index is 0.412. The van der Waals surface area contributed by atoms with Gasteiger partial charge in [0, 0.05) is 37.1 Å². The summed E-state index contributed by atoms with van der Waals surface area (Å²) in [5, 5.41) is 10.8. The van der Waals surface area contributed by atoms with Crippen molar-refractivity contribution in [2.24, 2.45) is 5.73 Å². The first-order valence-electron chi connectivity index (χ1n) is 8.37. The molecule has 0 radical (unpaired) electrons. The van der Waals surface area contributed by atoms with E-state index in [2.05, 4.69) is 22.5 Å². The standard InChI is InChI=1S/C18H25N3O2/c1-3-20-8-5-16-15(11-20)13-9-12(2)10-14(18(22)23)17(13)21(16)7-4-6-19/h9-10H,3-8,11,19H2,1-2H3,(H,22,23). The molecule has 3 N–H and O–H groups in total. The van der Waals surface area contributed by atoms with Gasteiger partial charge in [0.2, 0.25) is 0 Å². The molecule has 3 rings (SSSR count). The third-order valence-electron chi connectivity index (χ3n) is 4.83. The van der Waals surface area contributed by atoms with Crippen molar-refractivity contribution in [1.29, 1.82) is 0 Å². The lowest BCUT2D eigenvalue weighted by Gasteiger charge is -2.26. The number of nitrogens with two attached hydrogens (primary N) is 1. The number of hydrogen-bond acceptors (Lipinski definition) is 3. The molecule has 0 aliphatic carbocycles. The molecule has 2 heterocycles. The highest BCUT2D eigenvalue weighted by atomic mass is 16.4. The molecule has 0 saturated heterocycles. The largest absolute Gasteiger partial charge is 0.478 e. The number of aryl methyl sites for hydroxylation is 2. The second kappa shape index (κ2) is 6.34. The molecule has 1 aliphatic heterocycles. The Bertz CT molecular complexity index is 749. The van der Waals surface area contributed by atoms with Gasteiger partial charge in [0.15, 0.2) is 0 Å². The third-order valence-corrected chi connectivity index (χ3v) is 4.83. The highest BCUT2D eigenvalue weighted by Gasteiger charge is 2.26. The van der Waals surface area contributed by atoms with Crippen molar-refractivity contribution in [1.82, 2.24) is 9.47 Å². The van der Waals surface area contributed by atoms with Crippen LogP contribution in [-0.2, 0) is 19.5 Å². The first kappa shape index (κ1) is 16.0. The first-order valence-corrected chi connectivity index (χ1v) is 8.37. The molecule has 124 valence electrons. The average molecular weight is 315 g/mol. The van der Waals surface area contributed by atoms with E-state index in [0.29, 0.717) is 12.1 Å². The highest BCUT2D eigenvalue weighted by Crippen LogP contribution is 2.34. The van der Waals surface area contributed by atoms with Crippen molar-refractivity contribution in [2.45, 2.75) is 39.8 Å². The van der Waals surface area contributed by atoms with Crippen LogP contribution >= 0.6 is 0 Å². The number of hydrogen-bond donors (Lipinski definition) is 2. The van der Waals surface area contributed by atoms with Crippen LogP contribution in [0.25, 0.3) is 10.9 Å². The molecule has 1 aromatic heterocycles. The summed E-state index contributed by atoms with van der Waals surface area (Å²) >= 11 is 0. The van der Waals surface area contributed by atoms with E-state index < -0.39 is 5.97 Å². The topological polar surface area (TPSA) is 71.5 Å². The van der Waals surface area contributed by atoms with Crippen LogP contribution in [0.4, 0.5) is 0 Å². The number of fused-ring (bicyclic) bond motifs is 3. The zero-order chi connectivity index (χ0) is 16.6. The van der Waals surface area contributed by atoms with Gasteiger partial charge in [0.25, 0.3) is 0 Å². The molecule has 1 aromatic carbocycles. The quantitative estimate of drug-likeness (QED) is 0.888. The fourth-order valence-corrected chi connectivity index (χ4v) is 3.71. The van der Waals surface area contributed by atoms with Gasteiger partial charge in [-0.2, -0.15) is 0 Å². The summed E-state index contributed by atoms with van der Waals surface area (Å²) < 4.78 is 2.22. The van der Waals surface area contributed by atoms with Crippen LogP contribution in [0.15, 0.2) is 12.1 Å². The summed E-state index contributed by atoms with van der Waals surface area (Å²) in [6.07, 6.45) is 1.83. The number of carbonyl (C=O) groups is 1.